The fourth-order valence-electron chi connectivity index (χ4n) is 3.50. The van der Waals surface area contributed by atoms with E-state index in [0.29, 0.717) is 37.4 Å². The van der Waals surface area contributed by atoms with Crippen LogP contribution in [-0.4, -0.2) is 49.4 Å². The van der Waals surface area contributed by atoms with Crippen LogP contribution in [0, 0.1) is 5.92 Å². The predicted octanol–water partition coefficient (Wildman–Crippen LogP) is 2.23. The summed E-state index contributed by atoms with van der Waals surface area (Å²) in [6.07, 6.45) is 1.43. The van der Waals surface area contributed by atoms with Gasteiger partial charge < -0.3 is 20.3 Å². The number of hydrogen-bond acceptors (Lipinski definition) is 4. The van der Waals surface area contributed by atoms with Crippen molar-refractivity contribution >= 4 is 23.4 Å². The molecule has 30 heavy (non-hydrogen) atoms. The number of likely N-dealkylation sites (tertiary alicyclic amines) is 1. The Morgan fingerprint density at radius 2 is 1.67 bits per heavy atom. The van der Waals surface area contributed by atoms with E-state index in [-0.39, 0.29) is 36.6 Å². The quantitative estimate of drug-likeness (QED) is 0.734. The van der Waals surface area contributed by atoms with Crippen LogP contribution < -0.4 is 15.4 Å². The normalized spacial score (nSPS) is 14.1. The molecule has 0 aliphatic carbocycles. The lowest BCUT2D eigenvalue weighted by atomic mass is 9.95. The van der Waals surface area contributed by atoms with Gasteiger partial charge in [0.25, 0.3) is 0 Å². The lowest BCUT2D eigenvalue weighted by Gasteiger charge is -2.31. The smallest absolute Gasteiger partial charge is 0.241 e. The van der Waals surface area contributed by atoms with Crippen LogP contribution in [0.3, 0.4) is 0 Å². The zero-order chi connectivity index (χ0) is 21.3. The molecule has 158 valence electrons. The fourth-order valence-corrected chi connectivity index (χ4v) is 3.50. The van der Waals surface area contributed by atoms with Gasteiger partial charge in [0.1, 0.15) is 5.75 Å². The Morgan fingerprint density at radius 3 is 2.37 bits per heavy atom. The number of amides is 3. The second-order valence-electron chi connectivity index (χ2n) is 7.28. The maximum Gasteiger partial charge on any atom is 0.241 e. The van der Waals surface area contributed by atoms with Gasteiger partial charge in [0.05, 0.1) is 25.8 Å². The fraction of sp³-hybridized carbons (Fsp3) is 0.348. The second kappa shape index (κ2) is 10.4. The van der Waals surface area contributed by atoms with Crippen LogP contribution in [0.15, 0.2) is 54.6 Å². The highest BCUT2D eigenvalue weighted by Crippen LogP contribution is 2.25. The van der Waals surface area contributed by atoms with Crippen molar-refractivity contribution in [2.75, 3.05) is 32.1 Å². The van der Waals surface area contributed by atoms with Crippen LogP contribution in [0.2, 0.25) is 0 Å². The zero-order valence-electron chi connectivity index (χ0n) is 17.1. The Bertz CT molecular complexity index is 877. The van der Waals surface area contributed by atoms with E-state index in [1.54, 1.807) is 24.1 Å². The molecule has 1 fully saturated rings. The van der Waals surface area contributed by atoms with Crippen LogP contribution >= 0.6 is 0 Å². The molecular formula is C23H27N3O4. The molecule has 1 saturated heterocycles. The molecule has 2 N–H and O–H groups in total. The average molecular weight is 409 g/mol. The van der Waals surface area contributed by atoms with Gasteiger partial charge in [-0.15, -0.1) is 0 Å². The lowest BCUT2D eigenvalue weighted by Crippen LogP contribution is -2.45. The van der Waals surface area contributed by atoms with Crippen LogP contribution in [0.5, 0.6) is 5.75 Å². The van der Waals surface area contributed by atoms with Crippen LogP contribution in [0.4, 0.5) is 5.69 Å². The number of piperidine rings is 1. The summed E-state index contributed by atoms with van der Waals surface area (Å²) in [5.41, 5.74) is 1.55. The van der Waals surface area contributed by atoms with Crippen LogP contribution in [0.1, 0.15) is 18.4 Å². The number of carbonyl (C=O) groups is 3. The highest BCUT2D eigenvalue weighted by atomic mass is 16.5. The summed E-state index contributed by atoms with van der Waals surface area (Å²) >= 11 is 0. The minimum Gasteiger partial charge on any atom is -0.495 e. The van der Waals surface area contributed by atoms with Gasteiger partial charge in [-0.05, 0) is 30.5 Å². The van der Waals surface area contributed by atoms with E-state index >= 15 is 0 Å². The predicted molar refractivity (Wildman–Crippen MR) is 114 cm³/mol. The number of benzene rings is 2. The van der Waals surface area contributed by atoms with E-state index in [2.05, 4.69) is 10.6 Å². The lowest BCUT2D eigenvalue weighted by molar-refractivity contribution is -0.135. The molecule has 2 aromatic carbocycles. The average Bonchev–Trinajstić information content (AvgIpc) is 2.78. The molecule has 3 amide bonds. The topological polar surface area (TPSA) is 87.7 Å². The number of nitrogens with one attached hydrogen (secondary N) is 2. The third-order valence-electron chi connectivity index (χ3n) is 5.23. The Morgan fingerprint density at radius 1 is 1.00 bits per heavy atom. The van der Waals surface area contributed by atoms with Crippen molar-refractivity contribution in [2.45, 2.75) is 19.3 Å². The van der Waals surface area contributed by atoms with Crippen molar-refractivity contribution in [2.24, 2.45) is 5.92 Å². The van der Waals surface area contributed by atoms with Gasteiger partial charge >= 0.3 is 0 Å². The van der Waals surface area contributed by atoms with Crippen molar-refractivity contribution in [1.29, 1.82) is 0 Å². The molecule has 7 heteroatoms. The number of nitrogens with zero attached hydrogens (tertiary/aromatic N) is 1. The standard InChI is InChI=1S/C23H27N3O4/c1-30-20-10-6-5-9-19(20)25-23(29)18-11-13-26(14-12-18)22(28)16-24-21(27)15-17-7-3-2-4-8-17/h2-10,18H,11-16H2,1H3,(H,24,27)(H,25,29). The molecule has 1 aliphatic rings. The summed E-state index contributed by atoms with van der Waals surface area (Å²) in [5, 5.41) is 5.60. The summed E-state index contributed by atoms with van der Waals surface area (Å²) < 4.78 is 5.26. The minimum absolute atomic E-state index is 0.0241. The molecule has 0 bridgehead atoms. The molecule has 0 aromatic heterocycles. The summed E-state index contributed by atoms with van der Waals surface area (Å²) in [7, 11) is 1.56. The number of hydrogen-bond donors (Lipinski definition) is 2. The Kier molecular flexibility index (Phi) is 7.43. The third-order valence-corrected chi connectivity index (χ3v) is 5.23. The molecule has 0 spiro atoms. The Balaban J connectivity index is 1.41. The van der Waals surface area contributed by atoms with Gasteiger partial charge in [-0.1, -0.05) is 42.5 Å². The SMILES string of the molecule is COc1ccccc1NC(=O)C1CCN(C(=O)CNC(=O)Cc2ccccc2)CC1. The molecule has 0 unspecified atom stereocenters. The number of para-hydroxylation sites is 2. The van der Waals surface area contributed by atoms with Crippen molar-refractivity contribution in [3.63, 3.8) is 0 Å². The Hall–Kier alpha value is -3.35. The molecule has 7 nitrogen and oxygen atoms in total. The van der Waals surface area contributed by atoms with Gasteiger partial charge in [0.15, 0.2) is 0 Å². The van der Waals surface area contributed by atoms with E-state index in [0.717, 1.165) is 5.56 Å². The zero-order valence-corrected chi connectivity index (χ0v) is 17.1. The number of rotatable bonds is 7. The van der Waals surface area contributed by atoms with Crippen LogP contribution in [0.25, 0.3) is 0 Å². The van der Waals surface area contributed by atoms with Crippen molar-refractivity contribution in [3.05, 3.63) is 60.2 Å². The molecule has 0 saturated carbocycles. The maximum atomic E-state index is 12.6. The first-order chi connectivity index (χ1) is 14.6. The first-order valence-corrected chi connectivity index (χ1v) is 10.1. The summed E-state index contributed by atoms with van der Waals surface area (Å²) in [5.74, 6) is 0.0831. The van der Waals surface area contributed by atoms with Gasteiger partial charge in [-0.25, -0.2) is 0 Å². The number of carbonyl (C=O) groups excluding carboxylic acids is 3. The second-order valence-corrected chi connectivity index (χ2v) is 7.28. The van der Waals surface area contributed by atoms with Gasteiger partial charge in [-0.2, -0.15) is 0 Å². The summed E-state index contributed by atoms with van der Waals surface area (Å²) in [6.45, 7) is 0.971. The molecule has 2 aromatic rings. The monoisotopic (exact) mass is 409 g/mol. The Labute approximate surface area is 176 Å². The van der Waals surface area contributed by atoms with Gasteiger partial charge in [0.2, 0.25) is 17.7 Å². The van der Waals surface area contributed by atoms with E-state index in [4.69, 9.17) is 4.74 Å². The van der Waals surface area contributed by atoms with E-state index in [9.17, 15) is 14.4 Å². The van der Waals surface area contributed by atoms with E-state index in [1.165, 1.54) is 0 Å². The van der Waals surface area contributed by atoms with Crippen molar-refractivity contribution in [3.8, 4) is 5.75 Å². The maximum absolute atomic E-state index is 12.6. The molecule has 0 radical (unpaired) electrons. The van der Waals surface area contributed by atoms with Gasteiger partial charge in [0, 0.05) is 19.0 Å². The van der Waals surface area contributed by atoms with E-state index in [1.807, 2.05) is 42.5 Å². The van der Waals surface area contributed by atoms with Crippen LogP contribution in [-0.2, 0) is 20.8 Å². The molecule has 1 heterocycles. The third kappa shape index (κ3) is 5.83. The van der Waals surface area contributed by atoms with E-state index < -0.39 is 0 Å². The minimum atomic E-state index is -0.180. The largest absolute Gasteiger partial charge is 0.495 e. The molecule has 3 rings (SSSR count). The van der Waals surface area contributed by atoms with Crippen molar-refractivity contribution in [1.82, 2.24) is 10.2 Å². The molecule has 0 atom stereocenters. The number of anilines is 1. The number of methoxy groups -OCH3 is 1. The van der Waals surface area contributed by atoms with Crippen molar-refractivity contribution < 1.29 is 19.1 Å². The summed E-state index contributed by atoms with van der Waals surface area (Å²) in [4.78, 5) is 38.7. The first-order valence-electron chi connectivity index (χ1n) is 10.1. The highest BCUT2D eigenvalue weighted by Gasteiger charge is 2.27. The summed E-state index contributed by atoms with van der Waals surface area (Å²) in [6, 6.07) is 16.7. The molecule has 1 aliphatic heterocycles. The number of ether oxygens (including phenoxy) is 1. The molecular weight excluding hydrogens is 382 g/mol. The highest BCUT2D eigenvalue weighted by molar-refractivity contribution is 5.94. The first kappa shape index (κ1) is 21.4. The van der Waals surface area contributed by atoms with Gasteiger partial charge in [-0.3, -0.25) is 14.4 Å².